The Bertz CT molecular complexity index is 301. The van der Waals surface area contributed by atoms with Gasteiger partial charge in [-0.2, -0.15) is 0 Å². The van der Waals surface area contributed by atoms with Gasteiger partial charge in [0.2, 0.25) is 0 Å². The summed E-state index contributed by atoms with van der Waals surface area (Å²) in [6.07, 6.45) is 5.84. The summed E-state index contributed by atoms with van der Waals surface area (Å²) in [6.45, 7) is 16.6. The van der Waals surface area contributed by atoms with Crippen LogP contribution < -0.4 is 15.3 Å². The zero-order valence-electron chi connectivity index (χ0n) is 16.5. The smallest absolute Gasteiger partial charge is 0.0783 e. The van der Waals surface area contributed by atoms with E-state index in [0.29, 0.717) is 5.41 Å². The van der Waals surface area contributed by atoms with Gasteiger partial charge in [-0.3, -0.25) is 0 Å². The zero-order chi connectivity index (χ0) is 19.2. The molecule has 0 spiro atoms. The first-order valence-corrected chi connectivity index (χ1v) is 10.1. The Hall–Kier alpha value is 0.230. The van der Waals surface area contributed by atoms with Gasteiger partial charge in [-0.1, -0.05) is 41.5 Å². The minimum absolute atomic E-state index is 0.417. The second-order valence-electron chi connectivity index (χ2n) is 7.49. The topological polar surface area (TPSA) is 69.2 Å². The van der Waals surface area contributed by atoms with Gasteiger partial charge in [-0.05, 0) is 0 Å². The van der Waals surface area contributed by atoms with Crippen molar-refractivity contribution >= 4 is 0 Å². The third-order valence-electron chi connectivity index (χ3n) is 1.75. The number of rotatable bonds is 1. The third kappa shape index (κ3) is 39.2. The van der Waals surface area contributed by atoms with Crippen molar-refractivity contribution in [3.05, 3.63) is 21.1 Å². The molecule has 0 amide bonds. The maximum atomic E-state index is 9.53. The van der Waals surface area contributed by atoms with E-state index < -0.39 is 18.3 Å². The number of hydrogen-bond acceptors (Lipinski definition) is 3. The SMILES string of the molecule is CC(C)(C)CC1=[C]([Hf+3])CC=C1.CC(C)[O-].CC(C)[O-].CC(C)[O-]. The molecule has 0 unspecified atom stereocenters. The number of hydrogen-bond donors (Lipinski definition) is 0. The van der Waals surface area contributed by atoms with Gasteiger partial charge in [0, 0.05) is 0 Å². The molecule has 0 fully saturated rings. The fourth-order valence-electron chi connectivity index (χ4n) is 1.29. The molecule has 0 aliphatic heterocycles. The minimum atomic E-state index is -0.417. The Morgan fingerprint density at radius 3 is 1.39 bits per heavy atom. The van der Waals surface area contributed by atoms with Crippen LogP contribution in [0.4, 0.5) is 0 Å². The van der Waals surface area contributed by atoms with Gasteiger partial charge in [0.1, 0.15) is 0 Å². The van der Waals surface area contributed by atoms with Crippen molar-refractivity contribution in [2.75, 3.05) is 0 Å². The first-order valence-electron chi connectivity index (χ1n) is 8.26. The average Bonchev–Trinajstić information content (AvgIpc) is 2.58. The molecule has 0 heterocycles. The van der Waals surface area contributed by atoms with E-state index in [-0.39, 0.29) is 0 Å². The van der Waals surface area contributed by atoms with Crippen LogP contribution in [0.3, 0.4) is 0 Å². The summed E-state index contributed by atoms with van der Waals surface area (Å²) in [7, 11) is 0. The predicted molar refractivity (Wildman–Crippen MR) is 90.3 cm³/mol. The molecule has 23 heavy (non-hydrogen) atoms. The summed E-state index contributed by atoms with van der Waals surface area (Å²) >= 11 is 1.25. The quantitative estimate of drug-likeness (QED) is 0.530. The largest absolute Gasteiger partial charge is 0.852 e. The molecule has 3 nitrogen and oxygen atoms in total. The monoisotopic (exact) mass is 492 g/mol. The summed E-state index contributed by atoms with van der Waals surface area (Å²) in [6, 6.07) is 0. The van der Waals surface area contributed by atoms with Crippen LogP contribution in [0.25, 0.3) is 0 Å². The standard InChI is InChI=1S/C10H15.3C3H7O.Hf/c1-10(2,3)8-9-6-4-5-7-9;3*1-3(2)4;/h4,6H,5,8H2,1-3H3;3*3H,1-2H3;/q;3*-1;+3. The summed E-state index contributed by atoms with van der Waals surface area (Å²) in [5.41, 5.74) is 2.07. The molecule has 4 heteroatoms. The van der Waals surface area contributed by atoms with E-state index in [0.717, 1.165) is 0 Å². The van der Waals surface area contributed by atoms with Crippen LogP contribution in [0.1, 0.15) is 75.2 Å². The normalized spacial score (nSPS) is 13.4. The van der Waals surface area contributed by atoms with Crippen molar-refractivity contribution in [2.45, 2.75) is 93.5 Å². The van der Waals surface area contributed by atoms with E-state index in [4.69, 9.17) is 0 Å². The van der Waals surface area contributed by atoms with Crippen LogP contribution in [0.2, 0.25) is 0 Å². The number of allylic oxidation sites excluding steroid dienone is 4. The molecule has 0 bridgehead atoms. The minimum Gasteiger partial charge on any atom is -0.852 e. The molecule has 1 rings (SSSR count). The molecule has 0 N–H and O–H groups in total. The van der Waals surface area contributed by atoms with Crippen molar-refractivity contribution in [3.8, 4) is 0 Å². The molecule has 134 valence electrons. The van der Waals surface area contributed by atoms with Crippen LogP contribution >= 0.6 is 0 Å². The fraction of sp³-hybridized carbons (Fsp3) is 0.789. The zero-order valence-corrected chi connectivity index (χ0v) is 20.1. The second kappa shape index (κ2) is 15.7. The first kappa shape index (κ1) is 28.1. The molecule has 0 aromatic rings. The van der Waals surface area contributed by atoms with E-state index in [1.54, 1.807) is 50.4 Å². The van der Waals surface area contributed by atoms with Crippen molar-refractivity contribution in [1.29, 1.82) is 0 Å². The Labute approximate surface area is 159 Å². The molecule has 0 atom stereocenters. The maximum Gasteiger partial charge on any atom is -0.0783 e. The molecule has 0 radical (unpaired) electrons. The van der Waals surface area contributed by atoms with Crippen molar-refractivity contribution in [3.63, 3.8) is 0 Å². The first-order chi connectivity index (χ1) is 10.2. The second-order valence-corrected chi connectivity index (χ2v) is 9.66. The van der Waals surface area contributed by atoms with E-state index >= 15 is 0 Å². The van der Waals surface area contributed by atoms with Gasteiger partial charge in [0.25, 0.3) is 0 Å². The van der Waals surface area contributed by atoms with Gasteiger partial charge in [0.15, 0.2) is 0 Å². The Kier molecular flexibility index (Phi) is 19.2. The van der Waals surface area contributed by atoms with Crippen molar-refractivity contribution in [2.24, 2.45) is 5.41 Å². The Morgan fingerprint density at radius 1 is 0.913 bits per heavy atom. The van der Waals surface area contributed by atoms with E-state index in [1.165, 1.54) is 37.2 Å². The van der Waals surface area contributed by atoms with Crippen LogP contribution in [0.5, 0.6) is 0 Å². The van der Waals surface area contributed by atoms with E-state index in [1.807, 2.05) is 0 Å². The molecule has 1 aliphatic rings. The van der Waals surface area contributed by atoms with E-state index in [9.17, 15) is 15.3 Å². The predicted octanol–water partition coefficient (Wildman–Crippen LogP) is 2.45. The van der Waals surface area contributed by atoms with Crippen LogP contribution in [-0.4, -0.2) is 18.3 Å². The summed E-state index contributed by atoms with van der Waals surface area (Å²) in [5.74, 6) is 0. The van der Waals surface area contributed by atoms with E-state index in [2.05, 4.69) is 32.9 Å². The van der Waals surface area contributed by atoms with Crippen LogP contribution in [0.15, 0.2) is 21.1 Å². The molecule has 0 aromatic heterocycles. The van der Waals surface area contributed by atoms with Gasteiger partial charge < -0.3 is 15.3 Å². The molecule has 1 aliphatic carbocycles. The van der Waals surface area contributed by atoms with Crippen molar-refractivity contribution < 1.29 is 39.7 Å². The molecule has 0 saturated carbocycles. The van der Waals surface area contributed by atoms with Crippen LogP contribution in [-0.2, 0) is 24.4 Å². The molecular weight excluding hydrogens is 455 g/mol. The Balaban J connectivity index is -0.000000278. The summed E-state index contributed by atoms with van der Waals surface area (Å²) in [4.78, 5) is 0. The summed E-state index contributed by atoms with van der Waals surface area (Å²) in [5, 5.41) is 28.6. The van der Waals surface area contributed by atoms with Crippen LogP contribution in [0, 0.1) is 5.41 Å². The Morgan fingerprint density at radius 2 is 1.22 bits per heavy atom. The maximum absolute atomic E-state index is 9.53. The summed E-state index contributed by atoms with van der Waals surface area (Å²) < 4.78 is 1.69. The van der Waals surface area contributed by atoms with Gasteiger partial charge in [-0.25, -0.2) is 0 Å². The average molecular weight is 491 g/mol. The molecule has 0 aromatic carbocycles. The molecule has 0 saturated heterocycles. The van der Waals surface area contributed by atoms with Gasteiger partial charge >= 0.3 is 84.5 Å². The van der Waals surface area contributed by atoms with Crippen molar-refractivity contribution in [1.82, 2.24) is 0 Å². The third-order valence-corrected chi connectivity index (χ3v) is 3.64. The van der Waals surface area contributed by atoms with Gasteiger partial charge in [-0.15, -0.1) is 18.3 Å². The fourth-order valence-corrected chi connectivity index (χ4v) is 2.33. The molecular formula is C19H36HfO3. The van der Waals surface area contributed by atoms with Gasteiger partial charge in [0.05, 0.1) is 0 Å².